The zero-order chi connectivity index (χ0) is 20.1. The second kappa shape index (κ2) is 8.99. The summed E-state index contributed by atoms with van der Waals surface area (Å²) in [4.78, 5) is 27.2. The van der Waals surface area contributed by atoms with Crippen molar-refractivity contribution in [2.75, 3.05) is 26.4 Å². The van der Waals surface area contributed by atoms with Gasteiger partial charge in [-0.1, -0.05) is 24.3 Å². The van der Waals surface area contributed by atoms with Gasteiger partial charge in [-0.25, -0.2) is 4.79 Å². The summed E-state index contributed by atoms with van der Waals surface area (Å²) in [6.07, 6.45) is 3.04. The summed E-state index contributed by atoms with van der Waals surface area (Å²) >= 11 is 0. The molecule has 0 saturated carbocycles. The SMILES string of the molecule is O=C(OCCc1ccc2c(c1)OCCO2)C1CCCCN1C(=O)c1ccccc1. The Morgan fingerprint density at radius 1 is 1.00 bits per heavy atom. The molecule has 1 atom stereocenters. The third kappa shape index (κ3) is 4.53. The molecule has 0 aliphatic carbocycles. The van der Waals surface area contributed by atoms with Crippen LogP contribution in [0.4, 0.5) is 0 Å². The highest BCUT2D eigenvalue weighted by molar-refractivity contribution is 5.96. The van der Waals surface area contributed by atoms with Gasteiger partial charge in [0.05, 0.1) is 6.61 Å². The number of esters is 1. The number of carbonyl (C=O) groups excluding carboxylic acids is 2. The maximum atomic E-state index is 12.8. The lowest BCUT2D eigenvalue weighted by atomic mass is 10.0. The lowest BCUT2D eigenvalue weighted by molar-refractivity contribution is -0.150. The zero-order valence-corrected chi connectivity index (χ0v) is 16.3. The average Bonchev–Trinajstić information content (AvgIpc) is 2.79. The molecular weight excluding hydrogens is 370 g/mol. The molecule has 1 fully saturated rings. The summed E-state index contributed by atoms with van der Waals surface area (Å²) in [6, 6.07) is 14.3. The molecule has 0 aromatic heterocycles. The fourth-order valence-corrected chi connectivity index (χ4v) is 3.78. The van der Waals surface area contributed by atoms with Gasteiger partial charge in [0.25, 0.3) is 5.91 Å². The summed E-state index contributed by atoms with van der Waals surface area (Å²) in [7, 11) is 0. The minimum Gasteiger partial charge on any atom is -0.486 e. The summed E-state index contributed by atoms with van der Waals surface area (Å²) < 4.78 is 16.7. The molecule has 152 valence electrons. The molecule has 4 rings (SSSR count). The first-order valence-corrected chi connectivity index (χ1v) is 10.1. The highest BCUT2D eigenvalue weighted by atomic mass is 16.6. The highest BCUT2D eigenvalue weighted by Crippen LogP contribution is 2.31. The van der Waals surface area contributed by atoms with Crippen LogP contribution in [0.2, 0.25) is 0 Å². The molecule has 6 nitrogen and oxygen atoms in total. The quantitative estimate of drug-likeness (QED) is 0.728. The first kappa shape index (κ1) is 19.3. The predicted molar refractivity (Wildman–Crippen MR) is 107 cm³/mol. The summed E-state index contributed by atoms with van der Waals surface area (Å²) in [5, 5.41) is 0. The third-order valence-corrected chi connectivity index (χ3v) is 5.30. The molecule has 0 radical (unpaired) electrons. The largest absolute Gasteiger partial charge is 0.486 e. The Kier molecular flexibility index (Phi) is 5.98. The molecule has 6 heteroatoms. The second-order valence-corrected chi connectivity index (χ2v) is 7.27. The molecule has 0 N–H and O–H groups in total. The molecule has 0 spiro atoms. The van der Waals surface area contributed by atoms with E-state index in [1.807, 2.05) is 36.4 Å². The van der Waals surface area contributed by atoms with E-state index in [2.05, 4.69) is 0 Å². The predicted octanol–water partition coefficient (Wildman–Crippen LogP) is 3.24. The van der Waals surface area contributed by atoms with E-state index in [-0.39, 0.29) is 18.5 Å². The van der Waals surface area contributed by atoms with Gasteiger partial charge in [-0.2, -0.15) is 0 Å². The number of nitrogens with zero attached hydrogens (tertiary/aromatic N) is 1. The number of fused-ring (bicyclic) bond motifs is 1. The fraction of sp³-hybridized carbons (Fsp3) is 0.391. The summed E-state index contributed by atoms with van der Waals surface area (Å²) in [5.41, 5.74) is 1.62. The molecule has 1 amide bonds. The standard InChI is InChI=1S/C23H25NO5/c25-22(18-6-2-1-3-7-18)24-12-5-4-8-19(24)23(26)29-13-11-17-9-10-20-21(16-17)28-15-14-27-20/h1-3,6-7,9-10,16,19H,4-5,8,11-15H2. The van der Waals surface area contributed by atoms with Gasteiger partial charge in [0.1, 0.15) is 19.3 Å². The Morgan fingerprint density at radius 2 is 1.79 bits per heavy atom. The zero-order valence-electron chi connectivity index (χ0n) is 16.3. The molecule has 2 aromatic carbocycles. The Bertz CT molecular complexity index is 867. The molecule has 0 bridgehead atoms. The van der Waals surface area contributed by atoms with Gasteiger partial charge in [-0.3, -0.25) is 4.79 Å². The maximum absolute atomic E-state index is 12.8. The molecule has 1 unspecified atom stereocenters. The molecule has 2 aliphatic rings. The first-order chi connectivity index (χ1) is 14.2. The molecule has 1 saturated heterocycles. The van der Waals surface area contributed by atoms with Crippen LogP contribution < -0.4 is 9.47 Å². The minimum atomic E-state index is -0.517. The van der Waals surface area contributed by atoms with Crippen molar-refractivity contribution >= 4 is 11.9 Å². The highest BCUT2D eigenvalue weighted by Gasteiger charge is 2.33. The van der Waals surface area contributed by atoms with E-state index in [0.717, 1.165) is 29.9 Å². The maximum Gasteiger partial charge on any atom is 0.328 e. The molecular formula is C23H25NO5. The van der Waals surface area contributed by atoms with Crippen molar-refractivity contribution in [1.29, 1.82) is 0 Å². The Morgan fingerprint density at radius 3 is 2.62 bits per heavy atom. The summed E-state index contributed by atoms with van der Waals surface area (Å²) in [5.74, 6) is 1.03. The monoisotopic (exact) mass is 395 g/mol. The van der Waals surface area contributed by atoms with Crippen molar-refractivity contribution in [2.24, 2.45) is 0 Å². The van der Waals surface area contributed by atoms with E-state index in [9.17, 15) is 9.59 Å². The van der Waals surface area contributed by atoms with Crippen molar-refractivity contribution in [3.8, 4) is 11.5 Å². The molecule has 2 aliphatic heterocycles. The van der Waals surface area contributed by atoms with Crippen LogP contribution >= 0.6 is 0 Å². The number of hydrogen-bond donors (Lipinski definition) is 0. The van der Waals surface area contributed by atoms with Crippen molar-refractivity contribution in [2.45, 2.75) is 31.7 Å². The topological polar surface area (TPSA) is 65.1 Å². The van der Waals surface area contributed by atoms with Crippen LogP contribution in [-0.4, -0.2) is 49.2 Å². The lowest BCUT2D eigenvalue weighted by Crippen LogP contribution is -2.48. The van der Waals surface area contributed by atoms with E-state index in [1.165, 1.54) is 0 Å². The van der Waals surface area contributed by atoms with E-state index in [4.69, 9.17) is 14.2 Å². The van der Waals surface area contributed by atoms with Crippen LogP contribution in [0, 0.1) is 0 Å². The molecule has 29 heavy (non-hydrogen) atoms. The normalized spacial score (nSPS) is 18.2. The number of benzene rings is 2. The number of likely N-dealkylation sites (tertiary alicyclic amines) is 1. The number of amides is 1. The van der Waals surface area contributed by atoms with E-state index >= 15 is 0 Å². The lowest BCUT2D eigenvalue weighted by Gasteiger charge is -2.34. The van der Waals surface area contributed by atoms with Crippen molar-refractivity contribution in [1.82, 2.24) is 4.90 Å². The van der Waals surface area contributed by atoms with Gasteiger partial charge in [0, 0.05) is 18.5 Å². The van der Waals surface area contributed by atoms with Crippen molar-refractivity contribution in [3.05, 3.63) is 59.7 Å². The smallest absolute Gasteiger partial charge is 0.328 e. The van der Waals surface area contributed by atoms with Crippen LogP contribution in [0.25, 0.3) is 0 Å². The van der Waals surface area contributed by atoms with E-state index < -0.39 is 6.04 Å². The van der Waals surface area contributed by atoms with Crippen molar-refractivity contribution in [3.63, 3.8) is 0 Å². The minimum absolute atomic E-state index is 0.112. The Balaban J connectivity index is 1.35. The number of carbonyl (C=O) groups is 2. The fourth-order valence-electron chi connectivity index (χ4n) is 3.78. The van der Waals surface area contributed by atoms with Gasteiger partial charge in [0.2, 0.25) is 0 Å². The number of ether oxygens (including phenoxy) is 3. The van der Waals surface area contributed by atoms with Gasteiger partial charge < -0.3 is 19.1 Å². The summed E-state index contributed by atoms with van der Waals surface area (Å²) in [6.45, 7) is 1.94. The van der Waals surface area contributed by atoms with E-state index in [1.54, 1.807) is 17.0 Å². The van der Waals surface area contributed by atoms with Crippen molar-refractivity contribution < 1.29 is 23.8 Å². The Hall–Kier alpha value is -3.02. The Labute approximate surface area is 170 Å². The van der Waals surface area contributed by atoms with E-state index in [0.29, 0.717) is 38.2 Å². The van der Waals surface area contributed by atoms with Crippen LogP contribution in [0.3, 0.4) is 0 Å². The number of piperidine rings is 1. The van der Waals surface area contributed by atoms with Crippen LogP contribution in [0.1, 0.15) is 35.2 Å². The molecule has 2 aromatic rings. The van der Waals surface area contributed by atoms with Crippen LogP contribution in [-0.2, 0) is 16.0 Å². The van der Waals surface area contributed by atoms with Crippen LogP contribution in [0.15, 0.2) is 48.5 Å². The van der Waals surface area contributed by atoms with Crippen LogP contribution in [0.5, 0.6) is 11.5 Å². The second-order valence-electron chi connectivity index (χ2n) is 7.27. The van der Waals surface area contributed by atoms with Gasteiger partial charge in [0.15, 0.2) is 11.5 Å². The van der Waals surface area contributed by atoms with Gasteiger partial charge in [-0.05, 0) is 49.1 Å². The number of hydrogen-bond acceptors (Lipinski definition) is 5. The average molecular weight is 395 g/mol. The molecule has 2 heterocycles. The third-order valence-electron chi connectivity index (χ3n) is 5.30. The van der Waals surface area contributed by atoms with Gasteiger partial charge >= 0.3 is 5.97 Å². The number of rotatable bonds is 5. The first-order valence-electron chi connectivity index (χ1n) is 10.1. The van der Waals surface area contributed by atoms with Gasteiger partial charge in [-0.15, -0.1) is 0 Å².